The van der Waals surface area contributed by atoms with Gasteiger partial charge in [0.15, 0.2) is 11.6 Å². The normalized spacial score (nSPS) is 20.4. The Morgan fingerprint density at radius 1 is 1.71 bits per heavy atom. The number of nitrogen functional groups attached to an aromatic ring is 1. The average Bonchev–Trinajstić information content (AvgIpc) is 2.39. The Morgan fingerprint density at radius 2 is 2.53 bits per heavy atom. The number of halogens is 1. The van der Waals surface area contributed by atoms with Crippen LogP contribution in [0.1, 0.15) is 13.3 Å². The molecule has 1 aromatic heterocycles. The Bertz CT molecular complexity index is 389. The van der Waals surface area contributed by atoms with Gasteiger partial charge >= 0.3 is 0 Å². The van der Waals surface area contributed by atoms with Crippen molar-refractivity contribution in [2.45, 2.75) is 18.6 Å². The topological polar surface area (TPSA) is 67.1 Å². The summed E-state index contributed by atoms with van der Waals surface area (Å²) in [4.78, 5) is 9.78. The number of rotatable bonds is 3. The van der Waals surface area contributed by atoms with Crippen molar-refractivity contribution in [2.75, 3.05) is 29.2 Å². The number of nitrogens with one attached hydrogen (secondary N) is 1. The fraction of sp³-hybridized carbons (Fsp3) is 0.600. The van der Waals surface area contributed by atoms with Crippen molar-refractivity contribution in [2.24, 2.45) is 5.84 Å². The highest BCUT2D eigenvalue weighted by Gasteiger charge is 2.22. The number of nitrogens with two attached hydrogens (primary N) is 1. The largest absolute Gasteiger partial charge is 0.352 e. The van der Waals surface area contributed by atoms with Gasteiger partial charge < -0.3 is 4.90 Å². The number of nitrogens with zero attached hydrogens (tertiary/aromatic N) is 3. The molecule has 0 spiro atoms. The lowest BCUT2D eigenvalue weighted by molar-refractivity contribution is 0.598. The van der Waals surface area contributed by atoms with Crippen molar-refractivity contribution in [3.63, 3.8) is 0 Å². The Labute approximate surface area is 104 Å². The molecule has 1 unspecified atom stereocenters. The Kier molecular flexibility index (Phi) is 4.01. The number of aromatic nitrogens is 2. The van der Waals surface area contributed by atoms with Crippen molar-refractivity contribution in [1.29, 1.82) is 0 Å². The first-order valence-corrected chi connectivity index (χ1v) is 6.65. The standard InChI is InChI=1S/C10H16FN5S/c1-2-7-6-16(3-4-17-7)9-8(11)5-13-10(14-9)15-12/h5,7H,2-4,6,12H2,1H3,(H,13,14,15). The molecule has 1 atom stereocenters. The highest BCUT2D eigenvalue weighted by atomic mass is 32.2. The average molecular weight is 257 g/mol. The first-order chi connectivity index (χ1) is 8.24. The van der Waals surface area contributed by atoms with Crippen molar-refractivity contribution < 1.29 is 4.39 Å². The van der Waals surface area contributed by atoms with E-state index in [1.54, 1.807) is 0 Å². The van der Waals surface area contributed by atoms with E-state index in [4.69, 9.17) is 5.84 Å². The summed E-state index contributed by atoms with van der Waals surface area (Å²) in [6.07, 6.45) is 2.23. The molecule has 0 amide bonds. The van der Waals surface area contributed by atoms with Gasteiger partial charge in [0.05, 0.1) is 6.20 Å². The minimum Gasteiger partial charge on any atom is -0.352 e. The van der Waals surface area contributed by atoms with Crippen LogP contribution in [0.3, 0.4) is 0 Å². The maximum atomic E-state index is 13.7. The summed E-state index contributed by atoms with van der Waals surface area (Å²) in [5.41, 5.74) is 2.34. The second-order valence-electron chi connectivity index (χ2n) is 3.86. The lowest BCUT2D eigenvalue weighted by Gasteiger charge is -2.32. The zero-order chi connectivity index (χ0) is 12.3. The molecule has 3 N–H and O–H groups in total. The number of hydrazine groups is 1. The molecule has 1 saturated heterocycles. The maximum absolute atomic E-state index is 13.7. The van der Waals surface area contributed by atoms with Crippen molar-refractivity contribution in [3.8, 4) is 0 Å². The predicted octanol–water partition coefficient (Wildman–Crippen LogP) is 1.23. The molecule has 0 aliphatic carbocycles. The van der Waals surface area contributed by atoms with Crippen molar-refractivity contribution in [1.82, 2.24) is 9.97 Å². The molecule has 94 valence electrons. The minimum absolute atomic E-state index is 0.243. The van der Waals surface area contributed by atoms with Gasteiger partial charge in [-0.3, -0.25) is 5.43 Å². The van der Waals surface area contributed by atoms with E-state index in [2.05, 4.69) is 22.3 Å². The zero-order valence-corrected chi connectivity index (χ0v) is 10.5. The second kappa shape index (κ2) is 5.50. The van der Waals surface area contributed by atoms with Crippen LogP contribution in [0, 0.1) is 5.82 Å². The van der Waals surface area contributed by atoms with E-state index in [-0.39, 0.29) is 5.95 Å². The molecule has 2 heterocycles. The van der Waals surface area contributed by atoms with Gasteiger partial charge in [0.25, 0.3) is 0 Å². The van der Waals surface area contributed by atoms with E-state index in [0.29, 0.717) is 11.1 Å². The maximum Gasteiger partial charge on any atom is 0.239 e. The summed E-state index contributed by atoms with van der Waals surface area (Å²) >= 11 is 1.93. The smallest absolute Gasteiger partial charge is 0.239 e. The van der Waals surface area contributed by atoms with Crippen LogP contribution in [0.2, 0.25) is 0 Å². The fourth-order valence-electron chi connectivity index (χ4n) is 1.81. The minimum atomic E-state index is -0.397. The van der Waals surface area contributed by atoms with Crippen molar-refractivity contribution >= 4 is 23.5 Å². The molecule has 1 aliphatic rings. The number of thioether (sulfide) groups is 1. The summed E-state index contributed by atoms with van der Waals surface area (Å²) in [5.74, 6) is 6.41. The van der Waals surface area contributed by atoms with Crippen LogP contribution in [-0.4, -0.2) is 34.1 Å². The number of hydrogen-bond acceptors (Lipinski definition) is 6. The van der Waals surface area contributed by atoms with E-state index in [0.717, 1.165) is 31.5 Å². The molecule has 1 fully saturated rings. The van der Waals surface area contributed by atoms with Crippen LogP contribution in [0.4, 0.5) is 16.2 Å². The second-order valence-corrected chi connectivity index (χ2v) is 5.26. The molecule has 1 aliphatic heterocycles. The molecular weight excluding hydrogens is 241 g/mol. The van der Waals surface area contributed by atoms with Crippen LogP contribution in [0.15, 0.2) is 6.20 Å². The molecular formula is C10H16FN5S. The van der Waals surface area contributed by atoms with Gasteiger partial charge in [-0.2, -0.15) is 16.7 Å². The SMILES string of the molecule is CCC1CN(c2nc(NN)ncc2F)CCS1. The Balaban J connectivity index is 2.20. The van der Waals surface area contributed by atoms with Crippen LogP contribution in [0.5, 0.6) is 0 Å². The molecule has 0 radical (unpaired) electrons. The highest BCUT2D eigenvalue weighted by molar-refractivity contribution is 8.00. The monoisotopic (exact) mass is 257 g/mol. The number of anilines is 2. The van der Waals surface area contributed by atoms with Crippen LogP contribution < -0.4 is 16.2 Å². The Morgan fingerprint density at radius 3 is 3.24 bits per heavy atom. The number of hydrogen-bond donors (Lipinski definition) is 2. The molecule has 7 heteroatoms. The lowest BCUT2D eigenvalue weighted by atomic mass is 10.3. The van der Waals surface area contributed by atoms with Gasteiger partial charge in [-0.25, -0.2) is 15.2 Å². The molecule has 2 rings (SSSR count). The molecule has 0 bridgehead atoms. The molecule has 1 aromatic rings. The summed E-state index contributed by atoms with van der Waals surface area (Å²) in [6, 6.07) is 0. The quantitative estimate of drug-likeness (QED) is 0.627. The molecule has 17 heavy (non-hydrogen) atoms. The summed E-state index contributed by atoms with van der Waals surface area (Å²) in [5, 5.41) is 0.535. The summed E-state index contributed by atoms with van der Waals surface area (Å²) < 4.78 is 13.7. The van der Waals surface area contributed by atoms with Crippen LogP contribution in [-0.2, 0) is 0 Å². The first kappa shape index (κ1) is 12.4. The van der Waals surface area contributed by atoms with Crippen molar-refractivity contribution in [3.05, 3.63) is 12.0 Å². The van der Waals surface area contributed by atoms with Crippen LogP contribution in [0.25, 0.3) is 0 Å². The van der Waals surface area contributed by atoms with E-state index < -0.39 is 5.82 Å². The zero-order valence-electron chi connectivity index (χ0n) is 9.69. The van der Waals surface area contributed by atoms with Gasteiger partial charge in [0.1, 0.15) is 0 Å². The predicted molar refractivity (Wildman–Crippen MR) is 68.6 cm³/mol. The van der Waals surface area contributed by atoms with E-state index in [1.165, 1.54) is 0 Å². The van der Waals surface area contributed by atoms with Gasteiger partial charge in [-0.15, -0.1) is 0 Å². The summed E-state index contributed by atoms with van der Waals surface area (Å²) in [6.45, 7) is 3.77. The van der Waals surface area contributed by atoms with Gasteiger partial charge in [0, 0.05) is 24.1 Å². The highest BCUT2D eigenvalue weighted by Crippen LogP contribution is 2.26. The van der Waals surface area contributed by atoms with E-state index in [1.807, 2.05) is 16.7 Å². The van der Waals surface area contributed by atoms with Crippen LogP contribution >= 0.6 is 11.8 Å². The van der Waals surface area contributed by atoms with E-state index >= 15 is 0 Å². The molecule has 5 nitrogen and oxygen atoms in total. The third kappa shape index (κ3) is 2.78. The van der Waals surface area contributed by atoms with Gasteiger partial charge in [0.2, 0.25) is 5.95 Å². The molecule has 0 saturated carbocycles. The fourth-order valence-corrected chi connectivity index (χ4v) is 2.99. The summed E-state index contributed by atoms with van der Waals surface area (Å²) in [7, 11) is 0. The third-order valence-electron chi connectivity index (χ3n) is 2.75. The first-order valence-electron chi connectivity index (χ1n) is 5.60. The molecule has 0 aromatic carbocycles. The van der Waals surface area contributed by atoms with E-state index in [9.17, 15) is 4.39 Å². The Hall–Kier alpha value is -1.08. The lowest BCUT2D eigenvalue weighted by Crippen LogP contribution is -2.38. The third-order valence-corrected chi connectivity index (χ3v) is 4.12. The van der Waals surface area contributed by atoms with Gasteiger partial charge in [-0.1, -0.05) is 6.92 Å². The van der Waals surface area contributed by atoms with Gasteiger partial charge in [-0.05, 0) is 6.42 Å².